The van der Waals surface area contributed by atoms with E-state index in [2.05, 4.69) is 31.2 Å². The van der Waals surface area contributed by atoms with Gasteiger partial charge in [-0.05, 0) is 30.9 Å². The lowest BCUT2D eigenvalue weighted by Crippen LogP contribution is -2.04. The number of aryl methyl sites for hydroxylation is 1. The summed E-state index contributed by atoms with van der Waals surface area (Å²) in [6.07, 6.45) is 2.43. The van der Waals surface area contributed by atoms with Gasteiger partial charge in [0, 0.05) is 11.3 Å². The average molecular weight is 181 g/mol. The van der Waals surface area contributed by atoms with E-state index in [0.717, 1.165) is 0 Å². The number of hydrogen-bond acceptors (Lipinski definition) is 0. The molecule has 1 aromatic rings. The van der Waals surface area contributed by atoms with Gasteiger partial charge in [0.05, 0.1) is 0 Å². The molecule has 0 saturated heterocycles. The van der Waals surface area contributed by atoms with E-state index in [4.69, 9.17) is 11.6 Å². The fraction of sp³-hybridized carbons (Fsp3) is 0.455. The molecule has 0 spiro atoms. The Labute approximate surface area is 78.6 Å². The highest BCUT2D eigenvalue weighted by molar-refractivity contribution is 6.20. The van der Waals surface area contributed by atoms with Crippen molar-refractivity contribution >= 4 is 11.6 Å². The van der Waals surface area contributed by atoms with E-state index in [-0.39, 0.29) is 5.38 Å². The van der Waals surface area contributed by atoms with E-state index in [1.54, 1.807) is 0 Å². The lowest BCUT2D eigenvalue weighted by molar-refractivity contribution is 0.663. The van der Waals surface area contributed by atoms with Crippen molar-refractivity contribution in [3.05, 3.63) is 35.4 Å². The maximum atomic E-state index is 6.11. The highest BCUT2D eigenvalue weighted by Gasteiger charge is 2.25. The van der Waals surface area contributed by atoms with Crippen molar-refractivity contribution in [2.24, 2.45) is 0 Å². The number of hydrogen-bond donors (Lipinski definition) is 0. The van der Waals surface area contributed by atoms with E-state index in [1.165, 1.54) is 24.0 Å². The summed E-state index contributed by atoms with van der Waals surface area (Å²) in [5, 5.41) is 0.272. The Morgan fingerprint density at radius 3 is 2.92 bits per heavy atom. The minimum Gasteiger partial charge on any atom is -0.123 e. The van der Waals surface area contributed by atoms with Crippen LogP contribution in [0.1, 0.15) is 30.4 Å². The molecule has 0 bridgehead atoms. The van der Waals surface area contributed by atoms with Crippen LogP contribution in [-0.2, 0) is 6.42 Å². The lowest BCUT2D eigenvalue weighted by Gasteiger charge is -2.13. The van der Waals surface area contributed by atoms with E-state index in [1.807, 2.05) is 0 Å². The summed E-state index contributed by atoms with van der Waals surface area (Å²) in [7, 11) is 0. The monoisotopic (exact) mass is 180 g/mol. The van der Waals surface area contributed by atoms with Gasteiger partial charge >= 0.3 is 0 Å². The topological polar surface area (TPSA) is 0 Å². The molecule has 2 rings (SSSR count). The first-order valence-electron chi connectivity index (χ1n) is 4.51. The smallest absolute Gasteiger partial charge is 0.0376 e. The molecule has 0 radical (unpaired) electrons. The Bertz CT molecular complexity index is 278. The first-order valence-corrected chi connectivity index (χ1v) is 4.94. The highest BCUT2D eigenvalue weighted by atomic mass is 35.5. The lowest BCUT2D eigenvalue weighted by atomic mass is 9.99. The number of halogens is 1. The van der Waals surface area contributed by atoms with Gasteiger partial charge in [0.15, 0.2) is 0 Å². The Kier molecular flexibility index (Phi) is 2.10. The third kappa shape index (κ3) is 1.25. The van der Waals surface area contributed by atoms with Crippen molar-refractivity contribution < 1.29 is 0 Å². The summed E-state index contributed by atoms with van der Waals surface area (Å²) >= 11 is 6.11. The standard InChI is InChI=1S/C11H13Cl/c1-8(12)10-7-6-9-4-2-3-5-11(9)10/h2-5,8,10H,6-7H2,1H3. The predicted octanol–water partition coefficient (Wildman–Crippen LogP) is 3.34. The normalized spacial score (nSPS) is 23.7. The van der Waals surface area contributed by atoms with Crippen LogP contribution >= 0.6 is 11.6 Å². The fourth-order valence-electron chi connectivity index (χ4n) is 2.07. The first kappa shape index (κ1) is 8.12. The molecule has 2 unspecified atom stereocenters. The number of rotatable bonds is 1. The molecule has 0 heterocycles. The third-order valence-electron chi connectivity index (χ3n) is 2.73. The van der Waals surface area contributed by atoms with Crippen molar-refractivity contribution in [3.8, 4) is 0 Å². The average Bonchev–Trinajstić information content (AvgIpc) is 2.47. The highest BCUT2D eigenvalue weighted by Crippen LogP contribution is 2.36. The molecule has 64 valence electrons. The van der Waals surface area contributed by atoms with Crippen LogP contribution in [-0.4, -0.2) is 5.38 Å². The molecular formula is C11H13Cl. The van der Waals surface area contributed by atoms with E-state index < -0.39 is 0 Å². The molecule has 12 heavy (non-hydrogen) atoms. The second-order valence-electron chi connectivity index (χ2n) is 3.52. The Hall–Kier alpha value is -0.490. The van der Waals surface area contributed by atoms with Gasteiger partial charge < -0.3 is 0 Å². The van der Waals surface area contributed by atoms with Gasteiger partial charge in [0.25, 0.3) is 0 Å². The van der Waals surface area contributed by atoms with Gasteiger partial charge in [-0.15, -0.1) is 11.6 Å². The zero-order valence-electron chi connectivity index (χ0n) is 7.26. The first-order chi connectivity index (χ1) is 5.79. The van der Waals surface area contributed by atoms with Crippen molar-refractivity contribution in [2.45, 2.75) is 31.1 Å². The molecular weight excluding hydrogens is 168 g/mol. The van der Waals surface area contributed by atoms with Crippen LogP contribution in [0.3, 0.4) is 0 Å². The van der Waals surface area contributed by atoms with Gasteiger partial charge in [0.1, 0.15) is 0 Å². The maximum Gasteiger partial charge on any atom is 0.0376 e. The van der Waals surface area contributed by atoms with Crippen LogP contribution in [0.5, 0.6) is 0 Å². The summed E-state index contributed by atoms with van der Waals surface area (Å²) in [5.41, 5.74) is 2.97. The summed E-state index contributed by atoms with van der Waals surface area (Å²) in [5.74, 6) is 0.586. The number of benzene rings is 1. The largest absolute Gasteiger partial charge is 0.123 e. The Morgan fingerprint density at radius 2 is 2.17 bits per heavy atom. The molecule has 1 aliphatic rings. The number of fused-ring (bicyclic) bond motifs is 1. The van der Waals surface area contributed by atoms with Crippen molar-refractivity contribution in [1.82, 2.24) is 0 Å². The number of alkyl halides is 1. The van der Waals surface area contributed by atoms with Gasteiger partial charge in [-0.1, -0.05) is 24.3 Å². The SMILES string of the molecule is CC(Cl)C1CCc2ccccc21. The van der Waals surface area contributed by atoms with Crippen molar-refractivity contribution in [3.63, 3.8) is 0 Å². The quantitative estimate of drug-likeness (QED) is 0.582. The molecule has 1 heteroatoms. The van der Waals surface area contributed by atoms with Crippen molar-refractivity contribution in [1.29, 1.82) is 0 Å². The summed E-state index contributed by atoms with van der Waals surface area (Å²) in [6, 6.07) is 8.65. The van der Waals surface area contributed by atoms with Gasteiger partial charge in [0.2, 0.25) is 0 Å². The molecule has 0 fully saturated rings. The minimum atomic E-state index is 0.272. The van der Waals surface area contributed by atoms with Crippen LogP contribution in [0.4, 0.5) is 0 Å². The molecule has 0 amide bonds. The molecule has 0 N–H and O–H groups in total. The van der Waals surface area contributed by atoms with Crippen LogP contribution < -0.4 is 0 Å². The van der Waals surface area contributed by atoms with Crippen LogP contribution in [0.15, 0.2) is 24.3 Å². The van der Waals surface area contributed by atoms with E-state index >= 15 is 0 Å². The Balaban J connectivity index is 2.36. The summed E-state index contributed by atoms with van der Waals surface area (Å²) in [4.78, 5) is 0. The second-order valence-corrected chi connectivity index (χ2v) is 4.21. The van der Waals surface area contributed by atoms with Gasteiger partial charge in [-0.25, -0.2) is 0 Å². The second kappa shape index (κ2) is 3.10. The van der Waals surface area contributed by atoms with Gasteiger partial charge in [-0.3, -0.25) is 0 Å². The van der Waals surface area contributed by atoms with Crippen LogP contribution in [0.25, 0.3) is 0 Å². The molecule has 0 saturated carbocycles. The summed E-state index contributed by atoms with van der Waals surface area (Å²) in [6.45, 7) is 2.09. The molecule has 2 atom stereocenters. The van der Waals surface area contributed by atoms with E-state index in [9.17, 15) is 0 Å². The zero-order valence-corrected chi connectivity index (χ0v) is 8.01. The van der Waals surface area contributed by atoms with Gasteiger partial charge in [-0.2, -0.15) is 0 Å². The van der Waals surface area contributed by atoms with Crippen LogP contribution in [0, 0.1) is 0 Å². The molecule has 1 aliphatic carbocycles. The molecule has 0 nitrogen and oxygen atoms in total. The molecule has 0 aromatic heterocycles. The maximum absolute atomic E-state index is 6.11. The third-order valence-corrected chi connectivity index (χ3v) is 3.04. The predicted molar refractivity (Wildman–Crippen MR) is 52.8 cm³/mol. The molecule has 1 aromatic carbocycles. The fourth-order valence-corrected chi connectivity index (χ4v) is 2.33. The van der Waals surface area contributed by atoms with Crippen LogP contribution in [0.2, 0.25) is 0 Å². The minimum absolute atomic E-state index is 0.272. The van der Waals surface area contributed by atoms with Crippen molar-refractivity contribution in [2.75, 3.05) is 0 Å². The zero-order chi connectivity index (χ0) is 8.55. The van der Waals surface area contributed by atoms with E-state index in [0.29, 0.717) is 5.92 Å². The molecule has 0 aliphatic heterocycles. The summed E-state index contributed by atoms with van der Waals surface area (Å²) < 4.78 is 0. The Morgan fingerprint density at radius 1 is 1.42 bits per heavy atom.